The summed E-state index contributed by atoms with van der Waals surface area (Å²) in [7, 11) is 0. The first kappa shape index (κ1) is 9.88. The van der Waals surface area contributed by atoms with Crippen LogP contribution in [0.25, 0.3) is 0 Å². The molecule has 5 heteroatoms. The maximum atomic E-state index is 11.4. The van der Waals surface area contributed by atoms with Crippen molar-refractivity contribution >= 4 is 40.7 Å². The lowest BCUT2D eigenvalue weighted by molar-refractivity contribution is -0.120. The summed E-state index contributed by atoms with van der Waals surface area (Å²) in [6.07, 6.45) is 2.85. The quantitative estimate of drug-likeness (QED) is 0.648. The molecule has 2 nitrogen and oxygen atoms in total. The van der Waals surface area contributed by atoms with Gasteiger partial charge in [-0.1, -0.05) is 23.2 Å². The summed E-state index contributed by atoms with van der Waals surface area (Å²) in [5, 5.41) is 2.70. The van der Waals surface area contributed by atoms with Gasteiger partial charge in [-0.15, -0.1) is 11.6 Å². The summed E-state index contributed by atoms with van der Waals surface area (Å²) in [5.41, 5.74) is 0. The van der Waals surface area contributed by atoms with Gasteiger partial charge in [-0.3, -0.25) is 4.79 Å². The minimum atomic E-state index is -1.32. The third-order valence-electron chi connectivity index (χ3n) is 2.86. The fourth-order valence-corrected chi connectivity index (χ4v) is 3.57. The van der Waals surface area contributed by atoms with E-state index >= 15 is 0 Å². The molecule has 1 aliphatic heterocycles. The molecule has 1 amide bonds. The number of rotatable bonds is 0. The Kier molecular flexibility index (Phi) is 2.42. The van der Waals surface area contributed by atoms with Crippen molar-refractivity contribution in [3.05, 3.63) is 0 Å². The predicted molar refractivity (Wildman–Crippen MR) is 53.3 cm³/mol. The Morgan fingerprint density at radius 1 is 1.38 bits per heavy atom. The molecule has 1 N–H and O–H groups in total. The van der Waals surface area contributed by atoms with E-state index in [1.54, 1.807) is 0 Å². The van der Waals surface area contributed by atoms with Crippen molar-refractivity contribution in [2.45, 2.75) is 35.0 Å². The lowest BCUT2D eigenvalue weighted by Crippen LogP contribution is -2.40. The number of carbonyl (C=O) groups excluding carboxylic acids is 1. The first-order valence-corrected chi connectivity index (χ1v) is 5.55. The Balaban J connectivity index is 2.28. The van der Waals surface area contributed by atoms with Crippen LogP contribution in [-0.4, -0.2) is 21.7 Å². The second-order valence-corrected chi connectivity index (χ2v) is 5.62. The van der Waals surface area contributed by atoms with Crippen molar-refractivity contribution in [3.8, 4) is 0 Å². The smallest absolute Gasteiger partial charge is 0.257 e. The monoisotopic (exact) mass is 241 g/mol. The van der Waals surface area contributed by atoms with E-state index in [0.717, 1.165) is 19.3 Å². The van der Waals surface area contributed by atoms with Crippen LogP contribution in [0.4, 0.5) is 0 Å². The standard InChI is InChI=1S/C8H10Cl3NO/c9-4-2-1-3-5-6(4)8(10,11)7(13)12-5/h4-6H,1-3H2,(H,12,13)/t4-,5-,6+/m0/s1. The number of amides is 1. The van der Waals surface area contributed by atoms with Gasteiger partial charge in [0.1, 0.15) is 0 Å². The van der Waals surface area contributed by atoms with Gasteiger partial charge in [0.25, 0.3) is 5.91 Å². The summed E-state index contributed by atoms with van der Waals surface area (Å²) < 4.78 is -1.32. The zero-order valence-electron chi connectivity index (χ0n) is 6.90. The molecule has 3 atom stereocenters. The molecule has 0 aromatic rings. The number of fused-ring (bicyclic) bond motifs is 1. The van der Waals surface area contributed by atoms with Gasteiger partial charge in [0.05, 0.1) is 0 Å². The number of alkyl halides is 3. The number of hydrogen-bond acceptors (Lipinski definition) is 1. The van der Waals surface area contributed by atoms with Crippen LogP contribution in [0.5, 0.6) is 0 Å². The van der Waals surface area contributed by atoms with Crippen LogP contribution in [0.15, 0.2) is 0 Å². The summed E-state index contributed by atoms with van der Waals surface area (Å²) in [5.74, 6) is -0.433. The topological polar surface area (TPSA) is 29.1 Å². The van der Waals surface area contributed by atoms with Crippen molar-refractivity contribution in [3.63, 3.8) is 0 Å². The zero-order chi connectivity index (χ0) is 9.64. The highest BCUT2D eigenvalue weighted by Crippen LogP contribution is 2.46. The van der Waals surface area contributed by atoms with Gasteiger partial charge in [0.2, 0.25) is 4.33 Å². The van der Waals surface area contributed by atoms with E-state index in [4.69, 9.17) is 34.8 Å². The van der Waals surface area contributed by atoms with Gasteiger partial charge in [0.15, 0.2) is 0 Å². The molecule has 0 spiro atoms. The number of hydrogen-bond donors (Lipinski definition) is 1. The Hall–Kier alpha value is 0.340. The highest BCUT2D eigenvalue weighted by Gasteiger charge is 2.56. The fourth-order valence-electron chi connectivity index (χ4n) is 2.20. The molecule has 0 radical (unpaired) electrons. The third-order valence-corrected chi connectivity index (χ3v) is 4.19. The van der Waals surface area contributed by atoms with Crippen LogP contribution < -0.4 is 5.32 Å². The van der Waals surface area contributed by atoms with Gasteiger partial charge < -0.3 is 5.32 Å². The maximum Gasteiger partial charge on any atom is 0.257 e. The minimum absolute atomic E-state index is 0.0683. The van der Waals surface area contributed by atoms with E-state index in [1.165, 1.54) is 0 Å². The van der Waals surface area contributed by atoms with E-state index in [1.807, 2.05) is 0 Å². The number of nitrogens with one attached hydrogen (secondary N) is 1. The van der Waals surface area contributed by atoms with Crippen LogP contribution in [-0.2, 0) is 4.79 Å². The molecule has 13 heavy (non-hydrogen) atoms. The van der Waals surface area contributed by atoms with Crippen molar-refractivity contribution in [1.29, 1.82) is 0 Å². The predicted octanol–water partition coefficient (Wildman–Crippen LogP) is 2.07. The van der Waals surface area contributed by atoms with E-state index in [-0.39, 0.29) is 23.2 Å². The van der Waals surface area contributed by atoms with Gasteiger partial charge in [-0.25, -0.2) is 0 Å². The van der Waals surface area contributed by atoms with Gasteiger partial charge in [-0.05, 0) is 19.3 Å². The molecule has 1 saturated heterocycles. The molecule has 2 rings (SSSR count). The molecule has 0 bridgehead atoms. The summed E-state index contributed by atoms with van der Waals surface area (Å²) >= 11 is 18.0. The molecule has 1 saturated carbocycles. The molecule has 74 valence electrons. The van der Waals surface area contributed by atoms with Gasteiger partial charge in [-0.2, -0.15) is 0 Å². The van der Waals surface area contributed by atoms with Gasteiger partial charge in [0, 0.05) is 17.3 Å². The lowest BCUT2D eigenvalue weighted by Gasteiger charge is -2.32. The van der Waals surface area contributed by atoms with E-state index in [2.05, 4.69) is 5.32 Å². The summed E-state index contributed by atoms with van der Waals surface area (Å²) in [6, 6.07) is 0.0683. The van der Waals surface area contributed by atoms with E-state index in [0.29, 0.717) is 0 Å². The zero-order valence-corrected chi connectivity index (χ0v) is 9.16. The largest absolute Gasteiger partial charge is 0.350 e. The first-order valence-electron chi connectivity index (χ1n) is 4.36. The second kappa shape index (κ2) is 3.18. The molecular formula is C8H10Cl3NO. The lowest BCUT2D eigenvalue weighted by atomic mass is 9.84. The van der Waals surface area contributed by atoms with Crippen molar-refractivity contribution in [2.24, 2.45) is 5.92 Å². The summed E-state index contributed by atoms with van der Waals surface area (Å²) in [6.45, 7) is 0. The van der Waals surface area contributed by atoms with E-state index < -0.39 is 4.33 Å². The molecule has 1 aliphatic carbocycles. The highest BCUT2D eigenvalue weighted by molar-refractivity contribution is 6.59. The Labute approximate surface area is 91.9 Å². The molecule has 0 unspecified atom stereocenters. The van der Waals surface area contributed by atoms with Crippen molar-refractivity contribution in [2.75, 3.05) is 0 Å². The van der Waals surface area contributed by atoms with Crippen LogP contribution in [0, 0.1) is 5.92 Å². The fraction of sp³-hybridized carbons (Fsp3) is 0.875. The average molecular weight is 243 g/mol. The minimum Gasteiger partial charge on any atom is -0.350 e. The summed E-state index contributed by atoms with van der Waals surface area (Å²) in [4.78, 5) is 11.4. The van der Waals surface area contributed by atoms with Crippen LogP contribution in [0.2, 0.25) is 0 Å². The normalized spacial score (nSPS) is 42.7. The molecule has 2 aliphatic rings. The molecule has 0 aromatic carbocycles. The van der Waals surface area contributed by atoms with Crippen molar-refractivity contribution < 1.29 is 4.79 Å². The first-order chi connectivity index (χ1) is 6.03. The second-order valence-electron chi connectivity index (χ2n) is 3.68. The SMILES string of the molecule is O=C1N[C@H]2CCC[C@H](Cl)[C@H]2C1(Cl)Cl. The average Bonchev–Trinajstić information content (AvgIpc) is 2.24. The van der Waals surface area contributed by atoms with Crippen molar-refractivity contribution in [1.82, 2.24) is 5.32 Å². The van der Waals surface area contributed by atoms with E-state index in [9.17, 15) is 4.79 Å². The number of carbonyl (C=O) groups is 1. The Morgan fingerprint density at radius 3 is 2.69 bits per heavy atom. The van der Waals surface area contributed by atoms with Crippen LogP contribution in [0.1, 0.15) is 19.3 Å². The van der Waals surface area contributed by atoms with Crippen LogP contribution in [0.3, 0.4) is 0 Å². The Bertz CT molecular complexity index is 244. The number of halogens is 3. The molecule has 0 aromatic heterocycles. The Morgan fingerprint density at radius 2 is 2.08 bits per heavy atom. The molecule has 1 heterocycles. The highest BCUT2D eigenvalue weighted by atomic mass is 35.5. The van der Waals surface area contributed by atoms with Crippen LogP contribution >= 0.6 is 34.8 Å². The molecule has 2 fully saturated rings. The molecular weight excluding hydrogens is 232 g/mol. The third kappa shape index (κ3) is 1.43. The maximum absolute atomic E-state index is 11.4. The van der Waals surface area contributed by atoms with Gasteiger partial charge >= 0.3 is 0 Å².